The molecule has 0 radical (unpaired) electrons. The molecule has 0 saturated heterocycles. The minimum Gasteiger partial charge on any atom is -0.493 e. The smallest absolute Gasteiger partial charge is 0.232 e. The summed E-state index contributed by atoms with van der Waals surface area (Å²) in [5, 5.41) is 3.46. The van der Waals surface area contributed by atoms with Crippen molar-refractivity contribution in [1.82, 2.24) is 15.0 Å². The van der Waals surface area contributed by atoms with Crippen molar-refractivity contribution in [1.29, 1.82) is 0 Å². The van der Waals surface area contributed by atoms with Gasteiger partial charge in [-0.05, 0) is 83.5 Å². The van der Waals surface area contributed by atoms with Crippen LogP contribution in [0.15, 0.2) is 42.5 Å². The van der Waals surface area contributed by atoms with Crippen molar-refractivity contribution in [3.8, 4) is 34.5 Å². The topological polar surface area (TPSA) is 113 Å². The van der Waals surface area contributed by atoms with Gasteiger partial charge in [-0.1, -0.05) is 6.07 Å². The minimum absolute atomic E-state index is 0.529. The summed E-state index contributed by atoms with van der Waals surface area (Å²) in [5.74, 6) is 6.08. The zero-order valence-electron chi connectivity index (χ0n) is 27.9. The highest BCUT2D eigenvalue weighted by Crippen LogP contribution is 2.36. The summed E-state index contributed by atoms with van der Waals surface area (Å²) < 4.78 is 33.2. The molecule has 0 saturated carbocycles. The lowest BCUT2D eigenvalue weighted by molar-refractivity contribution is 0.353. The Bertz CT molecular complexity index is 1640. The van der Waals surface area contributed by atoms with Crippen LogP contribution in [0.3, 0.4) is 0 Å². The molecule has 4 aromatic rings. The van der Waals surface area contributed by atoms with Gasteiger partial charge in [0.1, 0.15) is 0 Å². The van der Waals surface area contributed by atoms with E-state index in [0.29, 0.717) is 60.5 Å². The fourth-order valence-electron chi connectivity index (χ4n) is 6.18. The lowest BCUT2D eigenvalue weighted by atomic mass is 9.99. The van der Waals surface area contributed by atoms with Gasteiger partial charge < -0.3 is 43.5 Å². The lowest BCUT2D eigenvalue weighted by Crippen LogP contribution is -2.35. The van der Waals surface area contributed by atoms with E-state index in [2.05, 4.69) is 27.2 Å². The van der Waals surface area contributed by atoms with E-state index in [1.165, 1.54) is 11.1 Å². The highest BCUT2D eigenvalue weighted by atomic mass is 16.5. The van der Waals surface area contributed by atoms with Crippen molar-refractivity contribution in [2.75, 3.05) is 77.4 Å². The van der Waals surface area contributed by atoms with Crippen molar-refractivity contribution >= 4 is 17.8 Å². The molecule has 12 heteroatoms. The number of methoxy groups -OCH3 is 6. The van der Waals surface area contributed by atoms with Gasteiger partial charge in [-0.15, -0.1) is 0 Å². The molecule has 6 rings (SSSR count). The summed E-state index contributed by atoms with van der Waals surface area (Å²) in [6.07, 6.45) is 2.41. The fourth-order valence-corrected chi connectivity index (χ4v) is 6.18. The number of nitrogens with zero attached hydrogens (tertiary/aromatic N) is 5. The van der Waals surface area contributed by atoms with Gasteiger partial charge in [-0.3, -0.25) is 0 Å². The van der Waals surface area contributed by atoms with Gasteiger partial charge >= 0.3 is 0 Å². The lowest BCUT2D eigenvalue weighted by Gasteiger charge is -2.32. The Kier molecular flexibility index (Phi) is 9.55. The van der Waals surface area contributed by atoms with Crippen molar-refractivity contribution < 1.29 is 28.4 Å². The summed E-state index contributed by atoms with van der Waals surface area (Å²) in [7, 11) is 9.92. The quantitative estimate of drug-likeness (QED) is 0.231. The average Bonchev–Trinajstić information content (AvgIpc) is 3.12. The molecular formula is C35H42N6O6. The van der Waals surface area contributed by atoms with Gasteiger partial charge in [0.05, 0.1) is 42.7 Å². The summed E-state index contributed by atoms with van der Waals surface area (Å²) in [6.45, 7) is 3.43. The molecule has 2 aliphatic heterocycles. The maximum atomic E-state index is 5.60. The van der Waals surface area contributed by atoms with Crippen LogP contribution in [-0.2, 0) is 32.4 Å². The van der Waals surface area contributed by atoms with Crippen LogP contribution in [0, 0.1) is 0 Å². The van der Waals surface area contributed by atoms with E-state index in [1.807, 2.05) is 30.3 Å². The van der Waals surface area contributed by atoms with E-state index in [9.17, 15) is 0 Å². The number of hydrogen-bond acceptors (Lipinski definition) is 12. The van der Waals surface area contributed by atoms with Gasteiger partial charge in [-0.25, -0.2) is 0 Å². The van der Waals surface area contributed by atoms with Crippen LogP contribution in [0.25, 0.3) is 0 Å². The molecule has 0 amide bonds. The molecule has 0 bridgehead atoms. The maximum Gasteiger partial charge on any atom is 0.232 e. The van der Waals surface area contributed by atoms with Gasteiger partial charge in [0, 0.05) is 32.7 Å². The Morgan fingerprint density at radius 3 is 1.47 bits per heavy atom. The third-order valence-corrected chi connectivity index (χ3v) is 8.76. The monoisotopic (exact) mass is 642 g/mol. The normalized spacial score (nSPS) is 13.7. The van der Waals surface area contributed by atoms with Gasteiger partial charge in [0.2, 0.25) is 17.8 Å². The number of nitrogens with one attached hydrogen (secondary N) is 1. The van der Waals surface area contributed by atoms with Gasteiger partial charge in [0.25, 0.3) is 0 Å². The zero-order chi connectivity index (χ0) is 32.9. The predicted molar refractivity (Wildman–Crippen MR) is 180 cm³/mol. The van der Waals surface area contributed by atoms with Crippen LogP contribution >= 0.6 is 0 Å². The molecule has 3 aromatic carbocycles. The van der Waals surface area contributed by atoms with Crippen molar-refractivity contribution in [3.63, 3.8) is 0 Å². The molecule has 0 fully saturated rings. The standard InChI is InChI=1S/C35H42N6O6/c1-42-27-8-7-22(15-28(27)43-2)9-12-36-33-37-34(40-13-10-23-16-29(44-3)31(46-5)18-25(23)20-40)39-35(38-33)41-14-11-24-17-30(45-4)32(47-6)19-26(24)21-41/h7-8,15-19H,9-14,20-21H2,1-6H3,(H,36,37,38,39). The van der Waals surface area contributed by atoms with Gasteiger partial charge in [-0.2, -0.15) is 15.0 Å². The molecule has 2 aliphatic rings. The number of rotatable bonds is 12. The first kappa shape index (κ1) is 31.8. The Morgan fingerprint density at radius 2 is 1.00 bits per heavy atom. The number of aromatic nitrogens is 3. The number of hydrogen-bond donors (Lipinski definition) is 1. The SMILES string of the molecule is COc1ccc(CCNc2nc(N3CCc4cc(OC)c(OC)cc4C3)nc(N3CCc4cc(OC)c(OC)cc4C3)n2)cc1OC. The Morgan fingerprint density at radius 1 is 0.553 bits per heavy atom. The first-order valence-corrected chi connectivity index (χ1v) is 15.6. The molecular weight excluding hydrogens is 600 g/mol. The Balaban J connectivity index is 1.28. The molecule has 0 unspecified atom stereocenters. The van der Waals surface area contributed by atoms with Gasteiger partial charge in [0.15, 0.2) is 34.5 Å². The van der Waals surface area contributed by atoms with Crippen LogP contribution in [0.2, 0.25) is 0 Å². The van der Waals surface area contributed by atoms with Crippen LogP contribution in [0.4, 0.5) is 17.8 Å². The summed E-state index contributed by atoms with van der Waals surface area (Å²) in [5.41, 5.74) is 5.90. The van der Waals surface area contributed by atoms with E-state index in [0.717, 1.165) is 60.5 Å². The average molecular weight is 643 g/mol. The Hall–Kier alpha value is -5.13. The van der Waals surface area contributed by atoms with Crippen molar-refractivity contribution in [3.05, 3.63) is 70.3 Å². The number of ether oxygens (including phenoxy) is 6. The molecule has 3 heterocycles. The summed E-state index contributed by atoms with van der Waals surface area (Å²) >= 11 is 0. The number of anilines is 3. The van der Waals surface area contributed by atoms with Crippen molar-refractivity contribution in [2.24, 2.45) is 0 Å². The third kappa shape index (κ3) is 6.72. The van der Waals surface area contributed by atoms with E-state index in [-0.39, 0.29) is 0 Å². The first-order valence-electron chi connectivity index (χ1n) is 15.6. The predicted octanol–water partition coefficient (Wildman–Crippen LogP) is 4.70. The second-order valence-corrected chi connectivity index (χ2v) is 11.4. The molecule has 248 valence electrons. The highest BCUT2D eigenvalue weighted by Gasteiger charge is 2.26. The van der Waals surface area contributed by atoms with E-state index >= 15 is 0 Å². The van der Waals surface area contributed by atoms with Crippen LogP contribution < -0.4 is 43.5 Å². The van der Waals surface area contributed by atoms with Crippen LogP contribution in [0.5, 0.6) is 34.5 Å². The molecule has 1 aromatic heterocycles. The second kappa shape index (κ2) is 14.1. The molecule has 0 spiro atoms. The number of fused-ring (bicyclic) bond motifs is 2. The zero-order valence-corrected chi connectivity index (χ0v) is 27.9. The molecule has 12 nitrogen and oxygen atoms in total. The van der Waals surface area contributed by atoms with E-state index in [1.54, 1.807) is 42.7 Å². The van der Waals surface area contributed by atoms with E-state index < -0.39 is 0 Å². The molecule has 0 atom stereocenters. The van der Waals surface area contributed by atoms with Crippen LogP contribution in [0.1, 0.15) is 27.8 Å². The molecule has 0 aliphatic carbocycles. The minimum atomic E-state index is 0.529. The molecule has 1 N–H and O–H groups in total. The van der Waals surface area contributed by atoms with Crippen LogP contribution in [-0.4, -0.2) is 77.2 Å². The maximum absolute atomic E-state index is 5.60. The number of benzene rings is 3. The largest absolute Gasteiger partial charge is 0.493 e. The van der Waals surface area contributed by atoms with Crippen molar-refractivity contribution in [2.45, 2.75) is 32.4 Å². The summed E-state index contributed by atoms with van der Waals surface area (Å²) in [4.78, 5) is 19.3. The summed E-state index contributed by atoms with van der Waals surface area (Å²) in [6, 6.07) is 14.2. The highest BCUT2D eigenvalue weighted by molar-refractivity contribution is 5.55. The fraction of sp³-hybridized carbons (Fsp3) is 0.400. The Labute approximate surface area is 275 Å². The molecule has 47 heavy (non-hydrogen) atoms. The second-order valence-electron chi connectivity index (χ2n) is 11.4. The first-order chi connectivity index (χ1) is 23.0. The third-order valence-electron chi connectivity index (χ3n) is 8.76. The van der Waals surface area contributed by atoms with E-state index in [4.69, 9.17) is 43.4 Å².